The van der Waals surface area contributed by atoms with Gasteiger partial charge in [-0.3, -0.25) is 4.79 Å². The molecular weight excluding hydrogens is 425 g/mol. The first kappa shape index (κ1) is 24.3. The van der Waals surface area contributed by atoms with Gasteiger partial charge in [-0.05, 0) is 41.7 Å². The summed E-state index contributed by atoms with van der Waals surface area (Å²) in [6, 6.07) is 1.40. The second-order valence-electron chi connectivity index (χ2n) is 7.24. The van der Waals surface area contributed by atoms with Crippen LogP contribution in [-0.4, -0.2) is 26.4 Å². The highest BCUT2D eigenvalue weighted by Crippen LogP contribution is 2.39. The van der Waals surface area contributed by atoms with Gasteiger partial charge in [-0.15, -0.1) is 0 Å². The Kier molecular flexibility index (Phi) is 8.40. The van der Waals surface area contributed by atoms with Crippen molar-refractivity contribution >= 4 is 17.7 Å². The minimum absolute atomic E-state index is 0.0170. The third-order valence-electron chi connectivity index (χ3n) is 4.35. The van der Waals surface area contributed by atoms with Crippen molar-refractivity contribution in [2.24, 2.45) is 5.92 Å². The van der Waals surface area contributed by atoms with Gasteiger partial charge in [0.05, 0.1) is 5.56 Å². The van der Waals surface area contributed by atoms with Crippen LogP contribution in [0.2, 0.25) is 0 Å². The molecule has 0 atom stereocenters. The van der Waals surface area contributed by atoms with Crippen molar-refractivity contribution in [3.8, 4) is 0 Å². The van der Waals surface area contributed by atoms with Crippen LogP contribution in [0, 0.1) is 5.92 Å². The lowest BCUT2D eigenvalue weighted by atomic mass is 9.91. The lowest BCUT2D eigenvalue weighted by molar-refractivity contribution is -0.141. The molecule has 10 heteroatoms. The highest BCUT2D eigenvalue weighted by atomic mass is 32.2. The van der Waals surface area contributed by atoms with Gasteiger partial charge in [-0.25, -0.2) is 18.4 Å². The SMILES string of the molecule is CCCCSCc1c(C(F)F)nc(C(F)(F)F)c(C(=O)n2cccn2)c1CC(C)C. The number of hydrogen-bond donors (Lipinski definition) is 0. The zero-order valence-electron chi connectivity index (χ0n) is 17.0. The summed E-state index contributed by atoms with van der Waals surface area (Å²) in [5.41, 5.74) is -3.19. The van der Waals surface area contributed by atoms with E-state index >= 15 is 0 Å². The Morgan fingerprint density at radius 3 is 2.43 bits per heavy atom. The van der Waals surface area contributed by atoms with Crippen LogP contribution in [0.4, 0.5) is 22.0 Å². The quantitative estimate of drug-likeness (QED) is 0.340. The van der Waals surface area contributed by atoms with Crippen LogP contribution < -0.4 is 0 Å². The second kappa shape index (κ2) is 10.4. The average molecular weight is 449 g/mol. The summed E-state index contributed by atoms with van der Waals surface area (Å²) in [5.74, 6) is -0.464. The summed E-state index contributed by atoms with van der Waals surface area (Å²) in [7, 11) is 0. The number of carbonyl (C=O) groups is 1. The zero-order chi connectivity index (χ0) is 22.5. The van der Waals surface area contributed by atoms with Gasteiger partial charge in [0.2, 0.25) is 0 Å². The molecule has 166 valence electrons. The summed E-state index contributed by atoms with van der Waals surface area (Å²) >= 11 is 1.35. The van der Waals surface area contributed by atoms with E-state index in [1.807, 2.05) is 6.92 Å². The third-order valence-corrected chi connectivity index (χ3v) is 5.42. The Morgan fingerprint density at radius 1 is 1.23 bits per heavy atom. The minimum atomic E-state index is -5.07. The van der Waals surface area contributed by atoms with Crippen molar-refractivity contribution in [2.75, 3.05) is 5.75 Å². The number of rotatable bonds is 9. The number of carbonyl (C=O) groups excluding carboxylic acids is 1. The van der Waals surface area contributed by atoms with Crippen LogP contribution in [0.3, 0.4) is 0 Å². The van der Waals surface area contributed by atoms with Crippen molar-refractivity contribution in [3.05, 3.63) is 46.5 Å². The summed E-state index contributed by atoms with van der Waals surface area (Å²) in [4.78, 5) is 16.2. The maximum atomic E-state index is 13.8. The van der Waals surface area contributed by atoms with Crippen molar-refractivity contribution < 1.29 is 26.7 Å². The number of unbranched alkanes of at least 4 members (excludes halogenated alkanes) is 1. The van der Waals surface area contributed by atoms with Crippen LogP contribution in [-0.2, 0) is 18.3 Å². The second-order valence-corrected chi connectivity index (χ2v) is 8.34. The van der Waals surface area contributed by atoms with E-state index in [1.165, 1.54) is 30.2 Å². The topological polar surface area (TPSA) is 47.8 Å². The lowest BCUT2D eigenvalue weighted by Gasteiger charge is -2.22. The third kappa shape index (κ3) is 5.80. The molecule has 2 aromatic heterocycles. The fraction of sp³-hybridized carbons (Fsp3) is 0.550. The molecule has 0 N–H and O–H groups in total. The molecule has 4 nitrogen and oxygen atoms in total. The average Bonchev–Trinajstić information content (AvgIpc) is 3.18. The highest BCUT2D eigenvalue weighted by molar-refractivity contribution is 7.98. The molecule has 0 fully saturated rings. The molecule has 0 radical (unpaired) electrons. The Morgan fingerprint density at radius 2 is 1.93 bits per heavy atom. The molecule has 0 saturated heterocycles. The van der Waals surface area contributed by atoms with Crippen molar-refractivity contribution in [1.29, 1.82) is 0 Å². The fourth-order valence-corrected chi connectivity index (χ4v) is 4.19. The number of pyridine rings is 1. The number of aromatic nitrogens is 3. The number of alkyl halides is 5. The van der Waals surface area contributed by atoms with Crippen molar-refractivity contribution in [1.82, 2.24) is 14.8 Å². The Labute approximate surface area is 176 Å². The molecule has 0 spiro atoms. The van der Waals surface area contributed by atoms with Crippen LogP contribution in [0.1, 0.15) is 72.9 Å². The molecule has 0 amide bonds. The van der Waals surface area contributed by atoms with E-state index in [0.29, 0.717) is 5.75 Å². The molecule has 30 heavy (non-hydrogen) atoms. The highest BCUT2D eigenvalue weighted by Gasteiger charge is 2.41. The van der Waals surface area contributed by atoms with Gasteiger partial charge in [0.1, 0.15) is 5.69 Å². The van der Waals surface area contributed by atoms with Gasteiger partial charge in [0.15, 0.2) is 5.69 Å². The number of halogens is 5. The summed E-state index contributed by atoms with van der Waals surface area (Å²) < 4.78 is 69.7. The first-order valence-corrected chi connectivity index (χ1v) is 10.8. The van der Waals surface area contributed by atoms with Crippen molar-refractivity contribution in [2.45, 2.75) is 58.4 Å². The van der Waals surface area contributed by atoms with Crippen LogP contribution in [0.25, 0.3) is 0 Å². The predicted octanol–water partition coefficient (Wildman–Crippen LogP) is 6.15. The molecule has 0 bridgehead atoms. The maximum Gasteiger partial charge on any atom is 0.434 e. The van der Waals surface area contributed by atoms with Crippen LogP contribution in [0.15, 0.2) is 18.5 Å². The van der Waals surface area contributed by atoms with Gasteiger partial charge in [0.25, 0.3) is 12.3 Å². The summed E-state index contributed by atoms with van der Waals surface area (Å²) in [5, 5.41) is 3.73. The molecule has 2 aromatic rings. The van der Waals surface area contributed by atoms with E-state index in [9.17, 15) is 26.7 Å². The molecule has 0 unspecified atom stereocenters. The Hall–Kier alpha value is -1.97. The first-order valence-electron chi connectivity index (χ1n) is 9.60. The monoisotopic (exact) mass is 449 g/mol. The summed E-state index contributed by atoms with van der Waals surface area (Å²) in [6.45, 7) is 5.49. The van der Waals surface area contributed by atoms with E-state index in [2.05, 4.69) is 10.1 Å². The van der Waals surface area contributed by atoms with E-state index < -0.39 is 35.5 Å². The molecule has 0 aliphatic carbocycles. The van der Waals surface area contributed by atoms with E-state index in [1.54, 1.807) is 13.8 Å². The molecule has 2 rings (SSSR count). The Bertz CT molecular complexity index is 851. The van der Waals surface area contributed by atoms with Crippen molar-refractivity contribution in [3.63, 3.8) is 0 Å². The van der Waals surface area contributed by atoms with E-state index in [0.717, 1.165) is 17.5 Å². The molecule has 0 aliphatic heterocycles. The minimum Gasteiger partial charge on any atom is -0.267 e. The first-order chi connectivity index (χ1) is 14.1. The molecular formula is C20H24F5N3OS. The normalized spacial score (nSPS) is 12.2. The molecule has 0 aromatic carbocycles. The predicted molar refractivity (Wildman–Crippen MR) is 106 cm³/mol. The van der Waals surface area contributed by atoms with Gasteiger partial charge >= 0.3 is 6.18 Å². The van der Waals surface area contributed by atoms with Gasteiger partial charge in [0, 0.05) is 18.1 Å². The molecule has 0 saturated carbocycles. The van der Waals surface area contributed by atoms with E-state index in [4.69, 9.17) is 0 Å². The fourth-order valence-electron chi connectivity index (χ4n) is 3.03. The van der Waals surface area contributed by atoms with Crippen LogP contribution in [0.5, 0.6) is 0 Å². The lowest BCUT2D eigenvalue weighted by Crippen LogP contribution is -2.26. The van der Waals surface area contributed by atoms with Gasteiger partial charge in [-0.2, -0.15) is 30.0 Å². The standard InChI is InChI=1S/C20H24F5N3OS/c1-4-5-9-30-11-14-13(10-12(2)3)15(19(29)28-8-6-7-26-28)17(20(23,24)25)27-16(14)18(21)22/h6-8,12,18H,4-5,9-11H2,1-3H3. The number of nitrogens with zero attached hydrogens (tertiary/aromatic N) is 3. The smallest absolute Gasteiger partial charge is 0.267 e. The number of thioether (sulfide) groups is 1. The summed E-state index contributed by atoms with van der Waals surface area (Å²) in [6.07, 6.45) is -3.98. The van der Waals surface area contributed by atoms with Crippen LogP contribution >= 0.6 is 11.8 Å². The Balaban J connectivity index is 2.78. The zero-order valence-corrected chi connectivity index (χ0v) is 17.8. The van der Waals surface area contributed by atoms with E-state index in [-0.39, 0.29) is 29.2 Å². The number of hydrogen-bond acceptors (Lipinski definition) is 4. The maximum absolute atomic E-state index is 13.8. The molecule has 2 heterocycles. The largest absolute Gasteiger partial charge is 0.434 e. The van der Waals surface area contributed by atoms with Gasteiger partial charge < -0.3 is 0 Å². The molecule has 0 aliphatic rings. The van der Waals surface area contributed by atoms with Gasteiger partial charge in [-0.1, -0.05) is 27.2 Å².